The van der Waals surface area contributed by atoms with Crippen LogP contribution in [0.25, 0.3) is 0 Å². The van der Waals surface area contributed by atoms with Crippen LogP contribution in [0.4, 0.5) is 0 Å². The van der Waals surface area contributed by atoms with Crippen molar-refractivity contribution < 1.29 is 10.2 Å². The lowest BCUT2D eigenvalue weighted by molar-refractivity contribution is 0.00502. The Kier molecular flexibility index (Phi) is 4.13. The van der Waals surface area contributed by atoms with E-state index in [9.17, 15) is 10.2 Å². The molecule has 0 saturated heterocycles. The van der Waals surface area contributed by atoms with E-state index in [0.29, 0.717) is 0 Å². The molecular weight excluding hydrogens is 192 g/mol. The smallest absolute Gasteiger partial charge is 0.129 e. The molecule has 15 heavy (non-hydrogen) atoms. The molecule has 0 aromatic rings. The van der Waals surface area contributed by atoms with Crippen LogP contribution in [0.15, 0.2) is 12.3 Å². The molecule has 0 bridgehead atoms. The molecule has 0 aliphatic carbocycles. The second kappa shape index (κ2) is 4.96. The van der Waals surface area contributed by atoms with Gasteiger partial charge in [-0.1, -0.05) is 13.3 Å². The van der Waals surface area contributed by atoms with Crippen molar-refractivity contribution in [2.24, 2.45) is 11.7 Å². The Morgan fingerprint density at radius 2 is 2.20 bits per heavy atom. The predicted octanol–water partition coefficient (Wildman–Crippen LogP) is 0.260. The largest absolute Gasteiger partial charge is 0.396 e. The molecule has 0 saturated carbocycles. The monoisotopic (exact) mass is 214 g/mol. The van der Waals surface area contributed by atoms with Gasteiger partial charge in [-0.15, -0.1) is 0 Å². The highest BCUT2D eigenvalue weighted by atomic mass is 16.3. The molecule has 0 radical (unpaired) electrons. The molecule has 1 rings (SSSR count). The van der Waals surface area contributed by atoms with Gasteiger partial charge in [0.05, 0.1) is 5.54 Å². The van der Waals surface area contributed by atoms with Gasteiger partial charge in [-0.25, -0.2) is 0 Å². The fourth-order valence-electron chi connectivity index (χ4n) is 1.87. The molecule has 4 nitrogen and oxygen atoms in total. The third-order valence-electron chi connectivity index (χ3n) is 3.22. The Labute approximate surface area is 91.4 Å². The Morgan fingerprint density at radius 1 is 1.53 bits per heavy atom. The minimum atomic E-state index is -0.872. The highest BCUT2D eigenvalue weighted by Gasteiger charge is 2.39. The van der Waals surface area contributed by atoms with Crippen LogP contribution < -0.4 is 5.73 Å². The van der Waals surface area contributed by atoms with Crippen LogP contribution in [0.2, 0.25) is 0 Å². The molecule has 4 N–H and O–H groups in total. The number of hydrogen-bond acceptors (Lipinski definition) is 4. The van der Waals surface area contributed by atoms with E-state index < -0.39 is 11.8 Å². The molecule has 4 heteroatoms. The zero-order valence-electron chi connectivity index (χ0n) is 9.56. The van der Waals surface area contributed by atoms with Crippen LogP contribution in [0.1, 0.15) is 26.7 Å². The maximum Gasteiger partial charge on any atom is 0.129 e. The van der Waals surface area contributed by atoms with Crippen LogP contribution in [0, 0.1) is 5.92 Å². The Balaban J connectivity index is 2.49. The number of rotatable bonds is 6. The first-order chi connectivity index (χ1) is 7.04. The lowest BCUT2D eigenvalue weighted by Crippen LogP contribution is -2.60. The second-order valence-electron chi connectivity index (χ2n) is 4.48. The molecule has 1 heterocycles. The van der Waals surface area contributed by atoms with Crippen molar-refractivity contribution in [2.75, 3.05) is 13.2 Å². The van der Waals surface area contributed by atoms with E-state index in [1.165, 1.54) is 0 Å². The summed E-state index contributed by atoms with van der Waals surface area (Å²) >= 11 is 0. The van der Waals surface area contributed by atoms with Crippen molar-refractivity contribution in [3.8, 4) is 0 Å². The highest BCUT2D eigenvalue weighted by Crippen LogP contribution is 2.29. The summed E-state index contributed by atoms with van der Waals surface area (Å²) in [4.78, 5) is 2.01. The molecule has 0 fully saturated rings. The van der Waals surface area contributed by atoms with E-state index in [-0.39, 0.29) is 12.5 Å². The number of aliphatic hydroxyl groups is 2. The third kappa shape index (κ3) is 2.51. The van der Waals surface area contributed by atoms with Crippen LogP contribution in [-0.4, -0.2) is 40.0 Å². The van der Waals surface area contributed by atoms with Crippen molar-refractivity contribution >= 4 is 0 Å². The van der Waals surface area contributed by atoms with Crippen molar-refractivity contribution in [2.45, 2.75) is 38.5 Å². The molecule has 0 aromatic carbocycles. The molecule has 0 spiro atoms. The maximum atomic E-state index is 9.44. The van der Waals surface area contributed by atoms with E-state index in [2.05, 4.69) is 6.92 Å². The molecule has 1 aliphatic heterocycles. The Hall–Kier alpha value is -0.580. The first kappa shape index (κ1) is 12.5. The Bertz CT molecular complexity index is 231. The lowest BCUT2D eigenvalue weighted by Gasteiger charge is -2.48. The normalized spacial score (nSPS) is 28.7. The summed E-state index contributed by atoms with van der Waals surface area (Å²) in [6.45, 7) is 4.95. The summed E-state index contributed by atoms with van der Waals surface area (Å²) in [5, 5.41) is 18.6. The quantitative estimate of drug-likeness (QED) is 0.555. The van der Waals surface area contributed by atoms with Gasteiger partial charge >= 0.3 is 0 Å². The minimum absolute atomic E-state index is 0.189. The number of nitrogens with zero attached hydrogens (tertiary/aromatic N) is 1. The molecule has 0 aromatic heterocycles. The van der Waals surface area contributed by atoms with Gasteiger partial charge in [0.2, 0.25) is 0 Å². The van der Waals surface area contributed by atoms with Crippen molar-refractivity contribution in [3.05, 3.63) is 12.3 Å². The summed E-state index contributed by atoms with van der Waals surface area (Å²) in [5.41, 5.74) is 5.06. The first-order valence-electron chi connectivity index (χ1n) is 5.55. The zero-order chi connectivity index (χ0) is 11.5. The van der Waals surface area contributed by atoms with Crippen molar-refractivity contribution in [1.29, 1.82) is 0 Å². The molecule has 0 amide bonds. The maximum absolute atomic E-state index is 9.44. The van der Waals surface area contributed by atoms with Gasteiger partial charge in [-0.3, -0.25) is 0 Å². The molecule has 3 atom stereocenters. The summed E-state index contributed by atoms with van der Waals surface area (Å²) < 4.78 is 0. The van der Waals surface area contributed by atoms with Crippen molar-refractivity contribution in [1.82, 2.24) is 4.90 Å². The molecule has 88 valence electrons. The average molecular weight is 214 g/mol. The average Bonchev–Trinajstić information content (AvgIpc) is 2.20. The van der Waals surface area contributed by atoms with E-state index in [1.807, 2.05) is 24.1 Å². The zero-order valence-corrected chi connectivity index (χ0v) is 9.56. The predicted molar refractivity (Wildman–Crippen MR) is 59.9 cm³/mol. The van der Waals surface area contributed by atoms with Gasteiger partial charge in [0.1, 0.15) is 6.23 Å². The van der Waals surface area contributed by atoms with Crippen molar-refractivity contribution in [3.63, 3.8) is 0 Å². The highest BCUT2D eigenvalue weighted by molar-refractivity contribution is 5.19. The van der Waals surface area contributed by atoms with Gasteiger partial charge in [-0.05, 0) is 31.5 Å². The summed E-state index contributed by atoms with van der Waals surface area (Å²) in [7, 11) is 0. The van der Waals surface area contributed by atoms with Crippen LogP contribution in [0.5, 0.6) is 0 Å². The van der Waals surface area contributed by atoms with Gasteiger partial charge in [0.25, 0.3) is 0 Å². The fraction of sp³-hybridized carbons (Fsp3) is 0.818. The van der Waals surface area contributed by atoms with Crippen LogP contribution >= 0.6 is 0 Å². The summed E-state index contributed by atoms with van der Waals surface area (Å²) in [5.74, 6) is 0.262. The van der Waals surface area contributed by atoms with E-state index in [1.54, 1.807) is 0 Å². The van der Waals surface area contributed by atoms with E-state index in [4.69, 9.17) is 5.73 Å². The second-order valence-corrected chi connectivity index (χ2v) is 4.48. The van der Waals surface area contributed by atoms with Crippen LogP contribution in [0.3, 0.4) is 0 Å². The van der Waals surface area contributed by atoms with E-state index >= 15 is 0 Å². The third-order valence-corrected chi connectivity index (χ3v) is 3.22. The van der Waals surface area contributed by atoms with Gasteiger partial charge in [0, 0.05) is 13.2 Å². The fourth-order valence-corrected chi connectivity index (χ4v) is 1.87. The first-order valence-corrected chi connectivity index (χ1v) is 5.55. The Morgan fingerprint density at radius 3 is 2.53 bits per heavy atom. The molecule has 1 aliphatic rings. The standard InChI is InChI=1S/C11H22N2O2/c1-3-4-9(8-14)7-13-6-5-11(13,2)10(12)15/h5-6,9-10,14-15H,3-4,7-8,12H2,1-2H3. The number of nitrogens with two attached hydrogens (primary N) is 1. The van der Waals surface area contributed by atoms with Gasteiger partial charge in [-0.2, -0.15) is 0 Å². The minimum Gasteiger partial charge on any atom is -0.396 e. The number of hydrogen-bond donors (Lipinski definition) is 3. The number of aliphatic hydroxyl groups excluding tert-OH is 2. The SMILES string of the molecule is CCCC(CO)CN1C=CC1(C)C(N)O. The van der Waals surface area contributed by atoms with Gasteiger partial charge in [0.15, 0.2) is 0 Å². The molecular formula is C11H22N2O2. The molecule has 3 unspecified atom stereocenters. The summed E-state index contributed by atoms with van der Waals surface area (Å²) in [6.07, 6.45) is 5.01. The lowest BCUT2D eigenvalue weighted by atomic mass is 9.90. The van der Waals surface area contributed by atoms with Crippen LogP contribution in [-0.2, 0) is 0 Å². The van der Waals surface area contributed by atoms with Gasteiger partial charge < -0.3 is 20.8 Å². The topological polar surface area (TPSA) is 69.7 Å². The summed E-state index contributed by atoms with van der Waals surface area (Å²) in [6, 6.07) is 0. The van der Waals surface area contributed by atoms with E-state index in [0.717, 1.165) is 19.4 Å².